The van der Waals surface area contributed by atoms with E-state index in [0.717, 1.165) is 6.54 Å². The zero-order valence-corrected chi connectivity index (χ0v) is 11.5. The first kappa shape index (κ1) is 17.2. The van der Waals surface area contributed by atoms with E-state index in [4.69, 9.17) is 0 Å². The van der Waals surface area contributed by atoms with Gasteiger partial charge in [0, 0.05) is 13.0 Å². The summed E-state index contributed by atoms with van der Waals surface area (Å²) in [5.41, 5.74) is 0. The second-order valence-electron chi connectivity index (χ2n) is 3.82. The predicted octanol–water partition coefficient (Wildman–Crippen LogP) is -0.620. The maximum Gasteiger partial charge on any atom is 0.0803 e. The maximum absolute atomic E-state index is 3.29. The minimum Gasteiger partial charge on any atom is -1.00 e. The molecule has 0 unspecified atom stereocenters. The molecule has 0 saturated carbocycles. The Morgan fingerprint density at radius 3 is 2.00 bits per heavy atom. The third-order valence-corrected chi connectivity index (χ3v) is 3.25. The lowest BCUT2D eigenvalue weighted by molar-refractivity contribution is -0.923. The van der Waals surface area contributed by atoms with E-state index in [1.165, 1.54) is 37.1 Å². The monoisotopic (exact) mass is 234 g/mol. The molecule has 0 bridgehead atoms. The van der Waals surface area contributed by atoms with Crippen LogP contribution in [0.2, 0.25) is 0 Å². The fourth-order valence-corrected chi connectivity index (χ4v) is 1.86. The number of halogens is 1. The van der Waals surface area contributed by atoms with E-state index < -0.39 is 0 Å². The molecule has 1 N–H and O–H groups in total. The fraction of sp³-hybridized carbons (Fsp3) is 0.833. The van der Waals surface area contributed by atoms with Crippen LogP contribution >= 0.6 is 0 Å². The molecule has 0 aromatic rings. The topological polar surface area (TPSA) is 12.0 Å². The molecule has 0 aromatic carbocycles. The van der Waals surface area contributed by atoms with E-state index in [1.54, 1.807) is 0 Å². The lowest BCUT2D eigenvalue weighted by atomic mass is 10.3. The van der Waals surface area contributed by atoms with Crippen LogP contribution in [0, 0.1) is 0 Å². The molecule has 0 rings (SSSR count). The largest absolute Gasteiger partial charge is 1.00 e. The Morgan fingerprint density at radius 1 is 1.07 bits per heavy atom. The van der Waals surface area contributed by atoms with Gasteiger partial charge in [-0.2, -0.15) is 0 Å². The van der Waals surface area contributed by atoms with Crippen molar-refractivity contribution in [1.29, 1.82) is 0 Å². The molecule has 0 atom stereocenters. The summed E-state index contributed by atoms with van der Waals surface area (Å²) in [7, 11) is 0. The standard InChI is InChI=1S/C12H27N2.ClH/c1-5-10-13-11-9-12-14(6-2,7-3)8-4;/h5,10,13H,6-9,11-12H2,1-4H3;1H/q+1;/p-1. The maximum atomic E-state index is 3.29. The van der Waals surface area contributed by atoms with Crippen LogP contribution in [-0.4, -0.2) is 37.2 Å². The molecule has 2 nitrogen and oxygen atoms in total. The normalized spacial score (nSPS) is 11.5. The highest BCUT2D eigenvalue weighted by Gasteiger charge is 2.19. The van der Waals surface area contributed by atoms with Gasteiger partial charge >= 0.3 is 0 Å². The number of nitrogens with one attached hydrogen (secondary N) is 1. The van der Waals surface area contributed by atoms with Gasteiger partial charge in [0.2, 0.25) is 0 Å². The Hall–Kier alpha value is -0.210. The van der Waals surface area contributed by atoms with Gasteiger partial charge in [0.15, 0.2) is 0 Å². The second kappa shape index (κ2) is 10.3. The summed E-state index contributed by atoms with van der Waals surface area (Å²) in [4.78, 5) is 0. The molecule has 0 aromatic heterocycles. The van der Waals surface area contributed by atoms with Gasteiger partial charge < -0.3 is 22.2 Å². The van der Waals surface area contributed by atoms with Crippen molar-refractivity contribution < 1.29 is 16.9 Å². The Labute approximate surface area is 102 Å². The van der Waals surface area contributed by atoms with Crippen molar-refractivity contribution in [2.75, 3.05) is 32.7 Å². The summed E-state index contributed by atoms with van der Waals surface area (Å²) in [6.07, 6.45) is 5.33. The molecule has 0 heterocycles. The molecule has 15 heavy (non-hydrogen) atoms. The first-order valence-electron chi connectivity index (χ1n) is 5.94. The van der Waals surface area contributed by atoms with E-state index in [0.29, 0.717) is 0 Å². The van der Waals surface area contributed by atoms with E-state index in [2.05, 4.69) is 26.1 Å². The van der Waals surface area contributed by atoms with Crippen LogP contribution in [-0.2, 0) is 0 Å². The van der Waals surface area contributed by atoms with Crippen molar-refractivity contribution in [1.82, 2.24) is 5.32 Å². The molecular formula is C12H27ClN2. The first-order valence-corrected chi connectivity index (χ1v) is 5.94. The van der Waals surface area contributed by atoms with E-state index in [9.17, 15) is 0 Å². The van der Waals surface area contributed by atoms with Gasteiger partial charge in [0.25, 0.3) is 0 Å². The summed E-state index contributed by atoms with van der Waals surface area (Å²) in [5.74, 6) is 0. The van der Waals surface area contributed by atoms with Crippen LogP contribution in [0.15, 0.2) is 12.3 Å². The quantitative estimate of drug-likeness (QED) is 0.436. The molecular weight excluding hydrogens is 208 g/mol. The minimum absolute atomic E-state index is 0. The van der Waals surface area contributed by atoms with Crippen LogP contribution in [0.3, 0.4) is 0 Å². The van der Waals surface area contributed by atoms with E-state index in [1.807, 2.05) is 19.2 Å². The Bertz CT molecular complexity index is 145. The van der Waals surface area contributed by atoms with Gasteiger partial charge in [0.05, 0.1) is 26.2 Å². The highest BCUT2D eigenvalue weighted by molar-refractivity contribution is 4.73. The van der Waals surface area contributed by atoms with Crippen LogP contribution in [0.1, 0.15) is 34.1 Å². The average Bonchev–Trinajstić information content (AvgIpc) is 2.24. The Balaban J connectivity index is 0. The summed E-state index contributed by atoms with van der Waals surface area (Å²) < 4.78 is 1.26. The van der Waals surface area contributed by atoms with Crippen LogP contribution in [0.4, 0.5) is 0 Å². The number of hydrogen-bond acceptors (Lipinski definition) is 1. The van der Waals surface area contributed by atoms with Crippen LogP contribution in [0.5, 0.6) is 0 Å². The summed E-state index contributed by atoms with van der Waals surface area (Å²) in [6, 6.07) is 0. The van der Waals surface area contributed by atoms with Crippen LogP contribution in [0.25, 0.3) is 0 Å². The smallest absolute Gasteiger partial charge is 0.0803 e. The Kier molecular flexibility index (Phi) is 11.8. The number of quaternary nitrogens is 1. The molecule has 0 spiro atoms. The average molecular weight is 235 g/mol. The van der Waals surface area contributed by atoms with Crippen molar-refractivity contribution in [2.45, 2.75) is 34.1 Å². The number of allylic oxidation sites excluding steroid dienone is 1. The minimum atomic E-state index is 0. The lowest BCUT2D eigenvalue weighted by Crippen LogP contribution is -3.00. The van der Waals surface area contributed by atoms with Crippen molar-refractivity contribution in [3.63, 3.8) is 0 Å². The molecule has 0 amide bonds. The van der Waals surface area contributed by atoms with Gasteiger partial charge in [-0.05, 0) is 33.9 Å². The van der Waals surface area contributed by atoms with Crippen molar-refractivity contribution >= 4 is 0 Å². The third kappa shape index (κ3) is 6.80. The lowest BCUT2D eigenvalue weighted by Gasteiger charge is -2.35. The highest BCUT2D eigenvalue weighted by Crippen LogP contribution is 2.06. The van der Waals surface area contributed by atoms with Gasteiger partial charge in [-0.15, -0.1) is 0 Å². The van der Waals surface area contributed by atoms with Crippen LogP contribution < -0.4 is 17.7 Å². The van der Waals surface area contributed by atoms with Crippen molar-refractivity contribution in [2.24, 2.45) is 0 Å². The highest BCUT2D eigenvalue weighted by atomic mass is 35.5. The summed E-state index contributed by atoms with van der Waals surface area (Å²) in [5, 5.41) is 3.29. The Morgan fingerprint density at radius 2 is 1.60 bits per heavy atom. The zero-order valence-electron chi connectivity index (χ0n) is 10.7. The molecule has 0 radical (unpaired) electrons. The zero-order chi connectivity index (χ0) is 10.9. The van der Waals surface area contributed by atoms with Crippen molar-refractivity contribution in [3.05, 3.63) is 12.3 Å². The number of nitrogens with zero attached hydrogens (tertiary/aromatic N) is 1. The molecule has 0 saturated heterocycles. The van der Waals surface area contributed by atoms with Gasteiger partial charge in [-0.1, -0.05) is 6.08 Å². The molecule has 0 aliphatic rings. The fourth-order valence-electron chi connectivity index (χ4n) is 1.86. The SMILES string of the molecule is CC=CNCCC[N+](CC)(CC)CC.[Cl-]. The third-order valence-electron chi connectivity index (χ3n) is 3.25. The summed E-state index contributed by atoms with van der Waals surface area (Å²) >= 11 is 0. The van der Waals surface area contributed by atoms with Gasteiger partial charge in [-0.3, -0.25) is 0 Å². The molecule has 0 aliphatic heterocycles. The molecule has 3 heteroatoms. The predicted molar refractivity (Wildman–Crippen MR) is 64.2 cm³/mol. The number of rotatable bonds is 8. The number of hydrogen-bond donors (Lipinski definition) is 1. The molecule has 0 aliphatic carbocycles. The van der Waals surface area contributed by atoms with Gasteiger partial charge in [0.1, 0.15) is 0 Å². The van der Waals surface area contributed by atoms with Crippen molar-refractivity contribution in [3.8, 4) is 0 Å². The molecule has 92 valence electrons. The van der Waals surface area contributed by atoms with E-state index in [-0.39, 0.29) is 12.4 Å². The second-order valence-corrected chi connectivity index (χ2v) is 3.82. The summed E-state index contributed by atoms with van der Waals surface area (Å²) in [6.45, 7) is 15.1. The first-order chi connectivity index (χ1) is 6.74. The molecule has 0 fully saturated rings. The van der Waals surface area contributed by atoms with Gasteiger partial charge in [-0.25, -0.2) is 0 Å². The van der Waals surface area contributed by atoms with E-state index >= 15 is 0 Å².